The van der Waals surface area contributed by atoms with Gasteiger partial charge in [-0.25, -0.2) is 9.78 Å². The molecule has 0 radical (unpaired) electrons. The summed E-state index contributed by atoms with van der Waals surface area (Å²) in [5.41, 5.74) is 6.69. The fourth-order valence-electron chi connectivity index (χ4n) is 1.25. The van der Waals surface area contributed by atoms with Gasteiger partial charge in [0.15, 0.2) is 0 Å². The van der Waals surface area contributed by atoms with Gasteiger partial charge in [-0.1, -0.05) is 0 Å². The molecular formula is C8H7N3O2. The summed E-state index contributed by atoms with van der Waals surface area (Å²) >= 11 is 0. The van der Waals surface area contributed by atoms with Crippen molar-refractivity contribution in [1.29, 1.82) is 0 Å². The zero-order valence-electron chi connectivity index (χ0n) is 6.61. The molecular weight excluding hydrogens is 170 g/mol. The molecule has 4 N–H and O–H groups in total. The molecule has 66 valence electrons. The van der Waals surface area contributed by atoms with Crippen LogP contribution in [0.4, 0.5) is 5.69 Å². The first kappa shape index (κ1) is 7.60. The van der Waals surface area contributed by atoms with Crippen LogP contribution in [0.25, 0.3) is 11.0 Å². The van der Waals surface area contributed by atoms with Gasteiger partial charge in [0.05, 0.1) is 10.9 Å². The van der Waals surface area contributed by atoms with Gasteiger partial charge in [-0.05, 0) is 6.07 Å². The van der Waals surface area contributed by atoms with E-state index >= 15 is 0 Å². The van der Waals surface area contributed by atoms with Gasteiger partial charge in [-0.15, -0.1) is 0 Å². The van der Waals surface area contributed by atoms with E-state index in [9.17, 15) is 4.79 Å². The fraction of sp³-hybridized carbons (Fsp3) is 0. The number of pyridine rings is 1. The third-order valence-electron chi connectivity index (χ3n) is 1.84. The summed E-state index contributed by atoms with van der Waals surface area (Å²) in [6, 6.07) is 1.57. The highest BCUT2D eigenvalue weighted by Gasteiger charge is 2.12. The summed E-state index contributed by atoms with van der Waals surface area (Å²) in [5.74, 6) is -1.01. The Morgan fingerprint density at radius 2 is 2.38 bits per heavy atom. The van der Waals surface area contributed by atoms with E-state index in [1.54, 1.807) is 6.07 Å². The Balaban J connectivity index is 2.86. The van der Waals surface area contributed by atoms with E-state index in [2.05, 4.69) is 9.97 Å². The predicted octanol–water partition coefficient (Wildman–Crippen LogP) is 0.843. The number of carboxylic acids is 1. The second kappa shape index (κ2) is 2.48. The van der Waals surface area contributed by atoms with Crippen LogP contribution in [0.3, 0.4) is 0 Å². The van der Waals surface area contributed by atoms with Crippen molar-refractivity contribution in [2.45, 2.75) is 0 Å². The van der Waals surface area contributed by atoms with Crippen LogP contribution >= 0.6 is 0 Å². The lowest BCUT2D eigenvalue weighted by Gasteiger charge is -1.95. The number of nitrogen functional groups attached to an aromatic ring is 1. The molecule has 2 heterocycles. The molecule has 0 amide bonds. The molecule has 0 spiro atoms. The Hall–Kier alpha value is -2.04. The van der Waals surface area contributed by atoms with Gasteiger partial charge in [0.1, 0.15) is 5.65 Å². The van der Waals surface area contributed by atoms with Crippen molar-refractivity contribution < 1.29 is 9.90 Å². The molecule has 5 heteroatoms. The van der Waals surface area contributed by atoms with Crippen LogP contribution in [-0.4, -0.2) is 21.0 Å². The van der Waals surface area contributed by atoms with Gasteiger partial charge in [0.25, 0.3) is 0 Å². The zero-order valence-corrected chi connectivity index (χ0v) is 6.61. The summed E-state index contributed by atoms with van der Waals surface area (Å²) < 4.78 is 0. The highest BCUT2D eigenvalue weighted by atomic mass is 16.4. The Morgan fingerprint density at radius 1 is 1.62 bits per heavy atom. The number of carbonyl (C=O) groups is 1. The van der Waals surface area contributed by atoms with Crippen molar-refractivity contribution in [2.24, 2.45) is 0 Å². The second-order valence-corrected chi connectivity index (χ2v) is 2.63. The maximum absolute atomic E-state index is 10.7. The maximum atomic E-state index is 10.7. The van der Waals surface area contributed by atoms with Gasteiger partial charge in [0.2, 0.25) is 0 Å². The number of nitrogens with two attached hydrogens (primary N) is 1. The fourth-order valence-corrected chi connectivity index (χ4v) is 1.25. The van der Waals surface area contributed by atoms with Crippen LogP contribution in [0, 0.1) is 0 Å². The van der Waals surface area contributed by atoms with Crippen LogP contribution in [-0.2, 0) is 0 Å². The standard InChI is InChI=1S/C8H7N3O2/c9-5-1-2-10-7-6(5)4(3-11-7)8(12)13/h1-3H,(H,12,13)(H3,9,10,11). The largest absolute Gasteiger partial charge is 0.478 e. The molecule has 0 aliphatic rings. The lowest BCUT2D eigenvalue weighted by molar-refractivity contribution is 0.0699. The number of hydrogen-bond acceptors (Lipinski definition) is 3. The number of nitrogens with zero attached hydrogens (tertiary/aromatic N) is 1. The van der Waals surface area contributed by atoms with Gasteiger partial charge in [-0.3, -0.25) is 0 Å². The number of fused-ring (bicyclic) bond motifs is 1. The molecule has 2 aromatic rings. The van der Waals surface area contributed by atoms with Gasteiger partial charge >= 0.3 is 5.97 Å². The molecule has 0 saturated heterocycles. The number of aromatic carboxylic acids is 1. The lowest BCUT2D eigenvalue weighted by Crippen LogP contribution is -1.96. The SMILES string of the molecule is Nc1ccnc2[nH]cc(C(=O)O)c12. The van der Waals surface area contributed by atoms with E-state index in [1.807, 2.05) is 0 Å². The molecule has 5 nitrogen and oxygen atoms in total. The minimum absolute atomic E-state index is 0.153. The first-order chi connectivity index (χ1) is 6.20. The summed E-state index contributed by atoms with van der Waals surface area (Å²) in [4.78, 5) is 17.4. The monoisotopic (exact) mass is 177 g/mol. The smallest absolute Gasteiger partial charge is 0.338 e. The number of aromatic nitrogens is 2. The predicted molar refractivity (Wildman–Crippen MR) is 47.5 cm³/mol. The normalized spacial score (nSPS) is 10.5. The quantitative estimate of drug-likeness (QED) is 0.601. The van der Waals surface area contributed by atoms with Crippen molar-refractivity contribution in [3.05, 3.63) is 24.0 Å². The van der Waals surface area contributed by atoms with Gasteiger partial charge in [-0.2, -0.15) is 0 Å². The lowest BCUT2D eigenvalue weighted by atomic mass is 10.2. The third kappa shape index (κ3) is 1.01. The van der Waals surface area contributed by atoms with Crippen LogP contribution in [0.5, 0.6) is 0 Å². The minimum atomic E-state index is -1.01. The summed E-state index contributed by atoms with van der Waals surface area (Å²) in [6.45, 7) is 0. The number of carboxylic acid groups (broad SMARTS) is 1. The molecule has 0 aliphatic heterocycles. The molecule has 0 atom stereocenters. The van der Waals surface area contributed by atoms with Crippen molar-refractivity contribution in [3.8, 4) is 0 Å². The zero-order chi connectivity index (χ0) is 9.42. The van der Waals surface area contributed by atoms with E-state index in [0.717, 1.165) is 0 Å². The average molecular weight is 177 g/mol. The molecule has 0 bridgehead atoms. The van der Waals surface area contributed by atoms with Crippen LogP contribution < -0.4 is 5.73 Å². The van der Waals surface area contributed by atoms with Crippen molar-refractivity contribution in [3.63, 3.8) is 0 Å². The van der Waals surface area contributed by atoms with E-state index < -0.39 is 5.97 Å². The average Bonchev–Trinajstić information content (AvgIpc) is 2.49. The van der Waals surface area contributed by atoms with E-state index in [1.165, 1.54) is 12.4 Å². The molecule has 2 rings (SSSR count). The van der Waals surface area contributed by atoms with Crippen LogP contribution in [0.1, 0.15) is 10.4 Å². The van der Waals surface area contributed by atoms with E-state index in [0.29, 0.717) is 16.7 Å². The summed E-state index contributed by atoms with van der Waals surface area (Å²) in [6.07, 6.45) is 2.91. The number of nitrogens with one attached hydrogen (secondary N) is 1. The molecule has 13 heavy (non-hydrogen) atoms. The van der Waals surface area contributed by atoms with E-state index in [4.69, 9.17) is 10.8 Å². The number of rotatable bonds is 1. The number of aromatic amines is 1. The van der Waals surface area contributed by atoms with Crippen molar-refractivity contribution in [1.82, 2.24) is 9.97 Å². The van der Waals surface area contributed by atoms with E-state index in [-0.39, 0.29) is 5.56 Å². The number of anilines is 1. The Labute approximate surface area is 73.2 Å². The molecule has 0 aromatic carbocycles. The van der Waals surface area contributed by atoms with Crippen LogP contribution in [0.15, 0.2) is 18.5 Å². The topological polar surface area (TPSA) is 92.0 Å². The Morgan fingerprint density at radius 3 is 3.08 bits per heavy atom. The summed E-state index contributed by atoms with van der Waals surface area (Å²) in [5, 5.41) is 9.26. The molecule has 0 fully saturated rings. The number of H-pyrrole nitrogens is 1. The minimum Gasteiger partial charge on any atom is -0.478 e. The Kier molecular flexibility index (Phi) is 1.45. The van der Waals surface area contributed by atoms with Crippen molar-refractivity contribution in [2.75, 3.05) is 5.73 Å². The van der Waals surface area contributed by atoms with Gasteiger partial charge in [0, 0.05) is 18.1 Å². The first-order valence-electron chi connectivity index (χ1n) is 3.65. The molecule has 0 saturated carbocycles. The molecule has 2 aromatic heterocycles. The second-order valence-electron chi connectivity index (χ2n) is 2.63. The maximum Gasteiger partial charge on any atom is 0.338 e. The summed E-state index contributed by atoms with van der Waals surface area (Å²) in [7, 11) is 0. The molecule has 0 aliphatic carbocycles. The van der Waals surface area contributed by atoms with Gasteiger partial charge < -0.3 is 15.8 Å². The highest BCUT2D eigenvalue weighted by Crippen LogP contribution is 2.22. The van der Waals surface area contributed by atoms with Crippen LogP contribution in [0.2, 0.25) is 0 Å². The highest BCUT2D eigenvalue weighted by molar-refractivity contribution is 6.06. The van der Waals surface area contributed by atoms with Crippen molar-refractivity contribution >= 4 is 22.7 Å². The number of hydrogen-bond donors (Lipinski definition) is 3. The first-order valence-corrected chi connectivity index (χ1v) is 3.65. The third-order valence-corrected chi connectivity index (χ3v) is 1.84. The molecule has 0 unspecified atom stereocenters. The Bertz CT molecular complexity index is 475.